The van der Waals surface area contributed by atoms with Crippen LogP contribution in [-0.2, 0) is 11.2 Å². The van der Waals surface area contributed by atoms with E-state index in [2.05, 4.69) is 4.74 Å². The molecule has 0 spiro atoms. The van der Waals surface area contributed by atoms with Crippen molar-refractivity contribution in [1.82, 2.24) is 0 Å². The summed E-state index contributed by atoms with van der Waals surface area (Å²) in [4.78, 5) is 11.5. The van der Waals surface area contributed by atoms with Gasteiger partial charge in [-0.25, -0.2) is 4.79 Å². The van der Waals surface area contributed by atoms with Gasteiger partial charge in [0.15, 0.2) is 0 Å². The number of hydrogen-bond donors (Lipinski definition) is 1. The number of aryl methyl sites for hydroxylation is 1. The lowest BCUT2D eigenvalue weighted by Gasteiger charge is -2.33. The molecule has 0 aliphatic carbocycles. The molecule has 1 aromatic carbocycles. The highest BCUT2D eigenvalue weighted by Gasteiger charge is 2.81. The number of esters is 1. The molecule has 0 saturated heterocycles. The molecule has 27 heavy (non-hydrogen) atoms. The first-order chi connectivity index (χ1) is 12.1. The Morgan fingerprint density at radius 3 is 2.04 bits per heavy atom. The second-order valence-corrected chi connectivity index (χ2v) is 5.38. The van der Waals surface area contributed by atoms with Gasteiger partial charge in [0.25, 0.3) is 0 Å². The van der Waals surface area contributed by atoms with Crippen molar-refractivity contribution in [3.63, 3.8) is 0 Å². The Hall–Kier alpha value is -2.14. The lowest BCUT2D eigenvalue weighted by atomic mass is 9.96. The van der Waals surface area contributed by atoms with E-state index in [1.807, 2.05) is 0 Å². The lowest BCUT2D eigenvalue weighted by molar-refractivity contribution is -0.396. The van der Waals surface area contributed by atoms with E-state index in [4.69, 9.17) is 0 Å². The fourth-order valence-corrected chi connectivity index (χ4v) is 2.02. The second kappa shape index (κ2) is 7.47. The summed E-state index contributed by atoms with van der Waals surface area (Å²) in [6.45, 7) is 1.31. The van der Waals surface area contributed by atoms with Gasteiger partial charge in [0.2, 0.25) is 0 Å². The van der Waals surface area contributed by atoms with Gasteiger partial charge in [-0.3, -0.25) is 0 Å². The molecule has 12 heteroatoms. The molecule has 0 aliphatic heterocycles. The monoisotopic (exact) mass is 412 g/mol. The topological polar surface area (TPSA) is 46.5 Å². The van der Waals surface area contributed by atoms with Gasteiger partial charge in [0.05, 0.1) is 6.61 Å². The van der Waals surface area contributed by atoms with Gasteiger partial charge in [-0.15, -0.1) is 0 Å². The molecule has 0 bridgehead atoms. The second-order valence-electron chi connectivity index (χ2n) is 5.38. The number of para-hydroxylation sites is 1. The molecule has 0 aliphatic rings. The van der Waals surface area contributed by atoms with E-state index < -0.39 is 59.6 Å². The number of rotatable bonds is 7. The van der Waals surface area contributed by atoms with Crippen molar-refractivity contribution < 1.29 is 54.2 Å². The third-order valence-electron chi connectivity index (χ3n) is 3.53. The minimum Gasteiger partial charge on any atom is -0.507 e. The van der Waals surface area contributed by atoms with E-state index in [1.54, 1.807) is 0 Å². The minimum absolute atomic E-state index is 0.112. The van der Waals surface area contributed by atoms with E-state index in [1.165, 1.54) is 6.92 Å². The van der Waals surface area contributed by atoms with E-state index in [0.717, 1.165) is 18.2 Å². The number of phenolic OH excluding ortho intramolecular Hbond substituents is 1. The summed E-state index contributed by atoms with van der Waals surface area (Å²) in [5, 5.41) is 9.81. The first-order valence-corrected chi connectivity index (χ1v) is 7.28. The summed E-state index contributed by atoms with van der Waals surface area (Å²) in [5.41, 5.74) is -1.04. The molecule has 154 valence electrons. The predicted molar refractivity (Wildman–Crippen MR) is 73.3 cm³/mol. The fourth-order valence-electron chi connectivity index (χ4n) is 2.02. The minimum atomic E-state index is -6.97. The Bertz CT molecular complexity index is 684. The van der Waals surface area contributed by atoms with Crippen LogP contribution in [0.2, 0.25) is 0 Å². The summed E-state index contributed by atoms with van der Waals surface area (Å²) in [6.07, 6.45) is -10.3. The quantitative estimate of drug-likeness (QED) is 0.508. The first kappa shape index (κ1) is 22.9. The van der Waals surface area contributed by atoms with Crippen LogP contribution in [-0.4, -0.2) is 41.6 Å². The van der Waals surface area contributed by atoms with Crippen molar-refractivity contribution in [3.8, 4) is 5.75 Å². The molecule has 0 fully saturated rings. The summed E-state index contributed by atoms with van der Waals surface area (Å²) in [7, 11) is 0. The Labute approximate surface area is 146 Å². The maximum absolute atomic E-state index is 13.5. The maximum Gasteiger partial charge on any atom is 0.460 e. The van der Waals surface area contributed by atoms with Crippen LogP contribution < -0.4 is 0 Å². The van der Waals surface area contributed by atoms with E-state index in [9.17, 15) is 49.4 Å². The van der Waals surface area contributed by atoms with Crippen LogP contribution in [0.1, 0.15) is 29.3 Å². The van der Waals surface area contributed by atoms with Crippen molar-refractivity contribution >= 4 is 5.97 Å². The van der Waals surface area contributed by atoms with Crippen LogP contribution in [0.25, 0.3) is 0 Å². The summed E-state index contributed by atoms with van der Waals surface area (Å²) in [6, 6.07) is 2.98. The van der Waals surface area contributed by atoms with Gasteiger partial charge >= 0.3 is 29.9 Å². The number of carbonyl (C=O) groups is 1. The maximum atomic E-state index is 13.5. The molecule has 1 aromatic rings. The summed E-state index contributed by atoms with van der Waals surface area (Å²) >= 11 is 0. The van der Waals surface area contributed by atoms with Crippen molar-refractivity contribution in [1.29, 1.82) is 0 Å². The average molecular weight is 412 g/mol. The number of aromatic hydroxyl groups is 1. The van der Waals surface area contributed by atoms with Crippen LogP contribution in [0.4, 0.5) is 39.5 Å². The van der Waals surface area contributed by atoms with E-state index in [0.29, 0.717) is 0 Å². The number of carbonyl (C=O) groups excluding carboxylic acids is 1. The van der Waals surface area contributed by atoms with Crippen LogP contribution in [0.5, 0.6) is 5.75 Å². The van der Waals surface area contributed by atoms with Crippen LogP contribution in [0.15, 0.2) is 18.2 Å². The van der Waals surface area contributed by atoms with Crippen molar-refractivity contribution in [3.05, 3.63) is 29.3 Å². The van der Waals surface area contributed by atoms with Crippen LogP contribution in [0.3, 0.4) is 0 Å². The summed E-state index contributed by atoms with van der Waals surface area (Å²) in [5.74, 6) is -21.5. The molecule has 1 N–H and O–H groups in total. The molecular formula is C15H13F9O3. The SMILES string of the molecule is CCOC(=O)c1cccc(CCC(F)(F)C(F)(F)C(F)(F)C(F)(F)F)c1O. The van der Waals surface area contributed by atoms with Crippen LogP contribution >= 0.6 is 0 Å². The Morgan fingerprint density at radius 1 is 1.00 bits per heavy atom. The molecule has 3 nitrogen and oxygen atoms in total. The number of ether oxygens (including phenoxy) is 1. The molecule has 0 atom stereocenters. The number of phenols is 1. The normalized spacial score (nSPS) is 13.6. The molecular weight excluding hydrogens is 399 g/mol. The number of hydrogen-bond acceptors (Lipinski definition) is 3. The van der Waals surface area contributed by atoms with E-state index in [-0.39, 0.29) is 6.61 Å². The van der Waals surface area contributed by atoms with E-state index >= 15 is 0 Å². The highest BCUT2D eigenvalue weighted by atomic mass is 19.4. The molecule has 0 unspecified atom stereocenters. The zero-order chi connectivity index (χ0) is 21.3. The third-order valence-corrected chi connectivity index (χ3v) is 3.53. The Kier molecular flexibility index (Phi) is 6.33. The van der Waals surface area contributed by atoms with Gasteiger partial charge in [-0.1, -0.05) is 12.1 Å². The average Bonchev–Trinajstić information content (AvgIpc) is 2.52. The predicted octanol–water partition coefficient (Wildman–Crippen LogP) is 4.97. The molecule has 0 aromatic heterocycles. The molecule has 0 radical (unpaired) electrons. The van der Waals surface area contributed by atoms with Gasteiger partial charge in [-0.2, -0.15) is 39.5 Å². The number of halogens is 9. The third kappa shape index (κ3) is 4.24. The van der Waals surface area contributed by atoms with Crippen LogP contribution in [0, 0.1) is 0 Å². The molecule has 0 heterocycles. The van der Waals surface area contributed by atoms with Gasteiger partial charge in [0, 0.05) is 6.42 Å². The highest BCUT2D eigenvalue weighted by molar-refractivity contribution is 5.92. The van der Waals surface area contributed by atoms with Crippen molar-refractivity contribution in [2.75, 3.05) is 6.61 Å². The van der Waals surface area contributed by atoms with Gasteiger partial charge in [0.1, 0.15) is 11.3 Å². The molecule has 0 amide bonds. The fraction of sp³-hybridized carbons (Fsp3) is 0.533. The zero-order valence-corrected chi connectivity index (χ0v) is 13.5. The number of benzene rings is 1. The van der Waals surface area contributed by atoms with Crippen molar-refractivity contribution in [2.45, 2.75) is 43.7 Å². The number of alkyl halides is 9. The largest absolute Gasteiger partial charge is 0.507 e. The lowest BCUT2D eigenvalue weighted by Crippen LogP contribution is -2.60. The first-order valence-electron chi connectivity index (χ1n) is 7.28. The van der Waals surface area contributed by atoms with Gasteiger partial charge in [-0.05, 0) is 25.0 Å². The molecule has 1 rings (SSSR count). The van der Waals surface area contributed by atoms with Gasteiger partial charge < -0.3 is 9.84 Å². The standard InChI is InChI=1S/C15H13F9O3/c1-2-27-11(26)9-5-3-4-8(10(9)25)6-7-12(16,17)13(18,19)14(20,21)15(22,23)24/h3-5,25H,2,6-7H2,1H3. The molecule has 0 saturated carbocycles. The Morgan fingerprint density at radius 2 is 1.56 bits per heavy atom. The highest BCUT2D eigenvalue weighted by Crippen LogP contribution is 2.54. The smallest absolute Gasteiger partial charge is 0.460 e. The summed E-state index contributed by atoms with van der Waals surface area (Å²) < 4.78 is 120. The Balaban J connectivity index is 3.10. The van der Waals surface area contributed by atoms with Crippen molar-refractivity contribution in [2.24, 2.45) is 0 Å². The zero-order valence-electron chi connectivity index (χ0n) is 13.5.